The Hall–Kier alpha value is -0.900. The van der Waals surface area contributed by atoms with Crippen LogP contribution < -0.4 is 0 Å². The van der Waals surface area contributed by atoms with Gasteiger partial charge >= 0.3 is 5.97 Å². The zero-order valence-electron chi connectivity index (χ0n) is 9.47. The predicted molar refractivity (Wildman–Crippen MR) is 64.0 cm³/mol. The maximum absolute atomic E-state index is 13.6. The summed E-state index contributed by atoms with van der Waals surface area (Å²) < 4.78 is 13.9. The summed E-state index contributed by atoms with van der Waals surface area (Å²) in [6, 6.07) is 3.42. The van der Waals surface area contributed by atoms with E-state index in [-0.39, 0.29) is 5.82 Å². The Balaban J connectivity index is 3.08. The first-order valence-corrected chi connectivity index (χ1v) is 5.72. The molecule has 0 fully saturated rings. The average molecular weight is 289 g/mol. The Morgan fingerprint density at radius 3 is 2.56 bits per heavy atom. The molecule has 16 heavy (non-hydrogen) atoms. The number of aliphatic carboxylic acids is 1. The number of hydrogen-bond acceptors (Lipinski definition) is 1. The normalized spacial score (nSPS) is 11.6. The second-order valence-electron chi connectivity index (χ2n) is 4.54. The number of hydrogen-bond donors (Lipinski definition) is 1. The van der Waals surface area contributed by atoms with Gasteiger partial charge in [0, 0.05) is 0 Å². The van der Waals surface area contributed by atoms with Crippen molar-refractivity contribution in [1.82, 2.24) is 0 Å². The Morgan fingerprint density at radius 2 is 2.06 bits per heavy atom. The van der Waals surface area contributed by atoms with E-state index in [1.165, 1.54) is 0 Å². The third kappa shape index (κ3) is 2.61. The van der Waals surface area contributed by atoms with Crippen LogP contribution in [0.5, 0.6) is 0 Å². The van der Waals surface area contributed by atoms with Gasteiger partial charge in [0.1, 0.15) is 5.82 Å². The Kier molecular flexibility index (Phi) is 3.73. The third-order valence-electron chi connectivity index (χ3n) is 2.57. The molecule has 0 aromatic heterocycles. The summed E-state index contributed by atoms with van der Waals surface area (Å²) >= 11 is 3.16. The number of benzene rings is 1. The monoisotopic (exact) mass is 288 g/mol. The zero-order valence-corrected chi connectivity index (χ0v) is 11.1. The first kappa shape index (κ1) is 13.2. The van der Waals surface area contributed by atoms with Crippen molar-refractivity contribution in [3.8, 4) is 0 Å². The highest BCUT2D eigenvalue weighted by atomic mass is 79.9. The van der Waals surface area contributed by atoms with Crippen molar-refractivity contribution in [2.75, 3.05) is 0 Å². The molecule has 0 saturated carbocycles. The molecule has 0 atom stereocenters. The summed E-state index contributed by atoms with van der Waals surface area (Å²) in [5, 5.41) is 9.01. The summed E-state index contributed by atoms with van der Waals surface area (Å²) in [4.78, 5) is 11.0. The highest BCUT2D eigenvalue weighted by Gasteiger charge is 2.28. The first-order chi connectivity index (χ1) is 7.25. The van der Waals surface area contributed by atoms with Gasteiger partial charge in [0.25, 0.3) is 0 Å². The fourth-order valence-electron chi connectivity index (χ4n) is 1.37. The molecule has 1 aromatic rings. The number of rotatable bonds is 3. The third-order valence-corrected chi connectivity index (χ3v) is 3.42. The lowest BCUT2D eigenvalue weighted by Gasteiger charge is -2.20. The van der Waals surface area contributed by atoms with Crippen molar-refractivity contribution >= 4 is 21.9 Å². The molecular formula is C12H14BrFO2. The molecular weight excluding hydrogens is 275 g/mol. The fraction of sp³-hybridized carbons (Fsp3) is 0.417. The Morgan fingerprint density at radius 1 is 1.50 bits per heavy atom. The van der Waals surface area contributed by atoms with Crippen molar-refractivity contribution in [3.05, 3.63) is 33.5 Å². The molecule has 1 aromatic carbocycles. The second-order valence-corrected chi connectivity index (χ2v) is 5.33. The van der Waals surface area contributed by atoms with E-state index in [2.05, 4.69) is 15.9 Å². The predicted octanol–water partition coefficient (Wildman–Crippen LogP) is 3.55. The number of carbonyl (C=O) groups is 1. The van der Waals surface area contributed by atoms with Crippen molar-refractivity contribution < 1.29 is 14.3 Å². The minimum atomic E-state index is -0.899. The van der Waals surface area contributed by atoms with Crippen molar-refractivity contribution in [2.45, 2.75) is 27.2 Å². The van der Waals surface area contributed by atoms with Crippen molar-refractivity contribution in [1.29, 1.82) is 0 Å². The molecule has 0 saturated heterocycles. The fourth-order valence-corrected chi connectivity index (χ4v) is 1.96. The molecule has 88 valence electrons. The van der Waals surface area contributed by atoms with Gasteiger partial charge in [-0.1, -0.05) is 12.1 Å². The van der Waals surface area contributed by atoms with E-state index in [1.807, 2.05) is 0 Å². The average Bonchev–Trinajstić information content (AvgIpc) is 2.19. The molecule has 0 unspecified atom stereocenters. The smallest absolute Gasteiger partial charge is 0.309 e. The maximum Gasteiger partial charge on any atom is 0.309 e. The highest BCUT2D eigenvalue weighted by molar-refractivity contribution is 9.10. The van der Waals surface area contributed by atoms with E-state index < -0.39 is 11.4 Å². The first-order valence-electron chi connectivity index (χ1n) is 4.92. The van der Waals surface area contributed by atoms with E-state index in [9.17, 15) is 9.18 Å². The lowest BCUT2D eigenvalue weighted by molar-refractivity contribution is -0.146. The van der Waals surface area contributed by atoms with Gasteiger partial charge in [0.05, 0.1) is 9.89 Å². The Labute approximate surface area is 103 Å². The van der Waals surface area contributed by atoms with Crippen LogP contribution in [0.1, 0.15) is 25.0 Å². The molecule has 0 bridgehead atoms. The molecule has 0 spiro atoms. The van der Waals surface area contributed by atoms with Crippen LogP contribution in [-0.4, -0.2) is 11.1 Å². The summed E-state index contributed by atoms with van der Waals surface area (Å²) in [6.07, 6.45) is 0.292. The van der Waals surface area contributed by atoms with Gasteiger partial charge in [-0.15, -0.1) is 0 Å². The quantitative estimate of drug-likeness (QED) is 0.924. The van der Waals surface area contributed by atoms with Crippen LogP contribution >= 0.6 is 15.9 Å². The Bertz CT molecular complexity index is 427. The van der Waals surface area contributed by atoms with Crippen LogP contribution in [0, 0.1) is 18.2 Å². The molecule has 4 heteroatoms. The van der Waals surface area contributed by atoms with Crippen LogP contribution in [0.3, 0.4) is 0 Å². The SMILES string of the molecule is Cc1ccc(CC(C)(C)C(=O)O)c(Br)c1F. The number of carboxylic acid groups (broad SMARTS) is 1. The minimum Gasteiger partial charge on any atom is -0.481 e. The van der Waals surface area contributed by atoms with Crippen molar-refractivity contribution in [3.63, 3.8) is 0 Å². The van der Waals surface area contributed by atoms with E-state index >= 15 is 0 Å². The van der Waals surface area contributed by atoms with Gasteiger partial charge in [-0.2, -0.15) is 0 Å². The van der Waals surface area contributed by atoms with E-state index in [0.29, 0.717) is 22.0 Å². The highest BCUT2D eigenvalue weighted by Crippen LogP contribution is 2.29. The maximum atomic E-state index is 13.6. The molecule has 0 aliphatic rings. The summed E-state index contributed by atoms with van der Waals surface area (Å²) in [7, 11) is 0. The van der Waals surface area contributed by atoms with Crippen LogP contribution in [0.15, 0.2) is 16.6 Å². The molecule has 0 heterocycles. The minimum absolute atomic E-state index is 0.292. The number of aryl methyl sites for hydroxylation is 1. The van der Waals surface area contributed by atoms with Gasteiger partial charge in [-0.05, 0) is 54.2 Å². The molecule has 0 radical (unpaired) electrons. The summed E-state index contributed by atoms with van der Waals surface area (Å²) in [5.74, 6) is -1.21. The van der Waals surface area contributed by atoms with Crippen LogP contribution in [0.25, 0.3) is 0 Å². The standard InChI is InChI=1S/C12H14BrFO2/c1-7-4-5-8(9(13)10(7)14)6-12(2,3)11(15)16/h4-5H,6H2,1-3H3,(H,15,16). The topological polar surface area (TPSA) is 37.3 Å². The van der Waals surface area contributed by atoms with Crippen LogP contribution in [0.4, 0.5) is 4.39 Å². The zero-order chi connectivity index (χ0) is 12.5. The lowest BCUT2D eigenvalue weighted by atomic mass is 9.86. The lowest BCUT2D eigenvalue weighted by Crippen LogP contribution is -2.26. The van der Waals surface area contributed by atoms with Gasteiger partial charge in [-0.25, -0.2) is 4.39 Å². The van der Waals surface area contributed by atoms with E-state index in [0.717, 1.165) is 0 Å². The second kappa shape index (κ2) is 4.53. The van der Waals surface area contributed by atoms with Crippen LogP contribution in [-0.2, 0) is 11.2 Å². The molecule has 0 aliphatic heterocycles. The summed E-state index contributed by atoms with van der Waals surface area (Å²) in [5.41, 5.74) is 0.323. The molecule has 0 aliphatic carbocycles. The van der Waals surface area contributed by atoms with Gasteiger partial charge in [-0.3, -0.25) is 4.79 Å². The number of carboxylic acids is 1. The van der Waals surface area contributed by atoms with Crippen molar-refractivity contribution in [2.24, 2.45) is 5.41 Å². The van der Waals surface area contributed by atoms with Gasteiger partial charge < -0.3 is 5.11 Å². The van der Waals surface area contributed by atoms with E-state index in [1.54, 1.807) is 32.9 Å². The van der Waals surface area contributed by atoms with E-state index in [4.69, 9.17) is 5.11 Å². The van der Waals surface area contributed by atoms with Gasteiger partial charge in [0.2, 0.25) is 0 Å². The van der Waals surface area contributed by atoms with Crippen LogP contribution in [0.2, 0.25) is 0 Å². The molecule has 1 N–H and O–H groups in total. The largest absolute Gasteiger partial charge is 0.481 e. The molecule has 0 amide bonds. The molecule has 2 nitrogen and oxygen atoms in total. The van der Waals surface area contributed by atoms with Gasteiger partial charge in [0.15, 0.2) is 0 Å². The molecule has 1 rings (SSSR count). The summed E-state index contributed by atoms with van der Waals surface area (Å²) in [6.45, 7) is 4.92. The number of halogens is 2.